The van der Waals surface area contributed by atoms with Gasteiger partial charge in [-0.15, -0.1) is 0 Å². The van der Waals surface area contributed by atoms with Crippen LogP contribution in [-0.4, -0.2) is 24.1 Å². The van der Waals surface area contributed by atoms with Crippen LogP contribution < -0.4 is 0 Å². The highest BCUT2D eigenvalue weighted by Crippen LogP contribution is 2.39. The third kappa shape index (κ3) is 2.59. The van der Waals surface area contributed by atoms with Gasteiger partial charge in [0.1, 0.15) is 0 Å². The number of hydrogen-bond donors (Lipinski definition) is 0. The Labute approximate surface area is 131 Å². The van der Waals surface area contributed by atoms with Crippen LogP contribution in [0.5, 0.6) is 0 Å². The predicted octanol–water partition coefficient (Wildman–Crippen LogP) is 4.35. The summed E-state index contributed by atoms with van der Waals surface area (Å²) in [5, 5.41) is 0. The Bertz CT molecular complexity index is 653. The number of carbonyl (C=O) groups is 1. The van der Waals surface area contributed by atoms with Gasteiger partial charge in [-0.2, -0.15) is 0 Å². The molecule has 0 fully saturated rings. The van der Waals surface area contributed by atoms with Gasteiger partial charge < -0.3 is 4.74 Å². The molecule has 1 aliphatic heterocycles. The van der Waals surface area contributed by atoms with E-state index >= 15 is 0 Å². The standard InChI is InChI=1S/C19H21NO2/c1-3-22-19(21)20-13-14(2)16-11-7-8-12-17(16)18(20)15-9-5-4-6-10-15/h4-12,14,18H,3,13H2,1-2H3/t14-,18-/m0/s1. The number of nitrogens with zero attached hydrogens (tertiary/aromatic N) is 1. The van der Waals surface area contributed by atoms with Gasteiger partial charge in [0.05, 0.1) is 12.6 Å². The lowest BCUT2D eigenvalue weighted by Crippen LogP contribution is -2.42. The first kappa shape index (κ1) is 14.6. The van der Waals surface area contributed by atoms with Gasteiger partial charge in [0.25, 0.3) is 0 Å². The summed E-state index contributed by atoms with van der Waals surface area (Å²) in [7, 11) is 0. The molecule has 0 spiro atoms. The molecule has 0 bridgehead atoms. The summed E-state index contributed by atoms with van der Waals surface area (Å²) in [6, 6.07) is 18.5. The van der Waals surface area contributed by atoms with Crippen molar-refractivity contribution < 1.29 is 9.53 Å². The maximum Gasteiger partial charge on any atom is 0.410 e. The maximum absolute atomic E-state index is 12.4. The van der Waals surface area contributed by atoms with Crippen molar-refractivity contribution in [3.8, 4) is 0 Å². The molecule has 0 aromatic heterocycles. The monoisotopic (exact) mass is 295 g/mol. The summed E-state index contributed by atoms with van der Waals surface area (Å²) in [5.41, 5.74) is 3.63. The van der Waals surface area contributed by atoms with Gasteiger partial charge in [0, 0.05) is 6.54 Å². The highest BCUT2D eigenvalue weighted by Gasteiger charge is 2.35. The molecule has 0 saturated heterocycles. The summed E-state index contributed by atoms with van der Waals surface area (Å²) in [6.45, 7) is 5.07. The number of ether oxygens (including phenoxy) is 1. The predicted molar refractivity (Wildman–Crippen MR) is 86.9 cm³/mol. The van der Waals surface area contributed by atoms with Gasteiger partial charge in [-0.25, -0.2) is 4.79 Å². The van der Waals surface area contributed by atoms with Crippen LogP contribution in [0, 0.1) is 0 Å². The molecule has 3 rings (SSSR count). The Morgan fingerprint density at radius 2 is 1.73 bits per heavy atom. The fraction of sp³-hybridized carbons (Fsp3) is 0.316. The number of hydrogen-bond acceptors (Lipinski definition) is 2. The zero-order valence-corrected chi connectivity index (χ0v) is 13.0. The second kappa shape index (κ2) is 6.22. The molecule has 114 valence electrons. The van der Waals surface area contributed by atoms with E-state index in [-0.39, 0.29) is 12.1 Å². The van der Waals surface area contributed by atoms with Gasteiger partial charge >= 0.3 is 6.09 Å². The number of benzene rings is 2. The van der Waals surface area contributed by atoms with Crippen LogP contribution in [0.2, 0.25) is 0 Å². The summed E-state index contributed by atoms with van der Waals surface area (Å²) in [5.74, 6) is 0.306. The van der Waals surface area contributed by atoms with Crippen LogP contribution in [-0.2, 0) is 4.74 Å². The molecule has 0 unspecified atom stereocenters. The summed E-state index contributed by atoms with van der Waals surface area (Å²) >= 11 is 0. The molecule has 0 saturated carbocycles. The van der Waals surface area contributed by atoms with Crippen LogP contribution >= 0.6 is 0 Å². The molecular formula is C19H21NO2. The minimum Gasteiger partial charge on any atom is -0.450 e. The lowest BCUT2D eigenvalue weighted by Gasteiger charge is -2.39. The van der Waals surface area contributed by atoms with E-state index in [1.54, 1.807) is 0 Å². The number of amides is 1. The molecule has 2 aromatic rings. The first-order valence-electron chi connectivity index (χ1n) is 7.79. The topological polar surface area (TPSA) is 29.5 Å². The van der Waals surface area contributed by atoms with E-state index in [0.29, 0.717) is 19.1 Å². The number of carbonyl (C=O) groups excluding carboxylic acids is 1. The SMILES string of the molecule is CCOC(=O)N1C[C@H](C)c2ccccc2[C@@H]1c1ccccc1. The minimum atomic E-state index is -0.238. The van der Waals surface area contributed by atoms with Crippen molar-refractivity contribution in [2.45, 2.75) is 25.8 Å². The largest absolute Gasteiger partial charge is 0.450 e. The lowest BCUT2D eigenvalue weighted by atomic mass is 9.83. The van der Waals surface area contributed by atoms with Crippen LogP contribution in [0.1, 0.15) is 42.5 Å². The van der Waals surface area contributed by atoms with Gasteiger partial charge in [0.2, 0.25) is 0 Å². The van der Waals surface area contributed by atoms with E-state index < -0.39 is 0 Å². The molecule has 2 aromatic carbocycles. The fourth-order valence-corrected chi connectivity index (χ4v) is 3.26. The Morgan fingerprint density at radius 1 is 1.09 bits per heavy atom. The van der Waals surface area contributed by atoms with Gasteiger partial charge in [-0.3, -0.25) is 4.90 Å². The van der Waals surface area contributed by atoms with Crippen LogP contribution in [0.3, 0.4) is 0 Å². The summed E-state index contributed by atoms with van der Waals surface area (Å²) in [6.07, 6.45) is -0.238. The zero-order chi connectivity index (χ0) is 15.5. The Morgan fingerprint density at radius 3 is 2.41 bits per heavy atom. The van der Waals surface area contributed by atoms with Crippen molar-refractivity contribution in [2.75, 3.05) is 13.2 Å². The number of rotatable bonds is 2. The average Bonchev–Trinajstić information content (AvgIpc) is 2.56. The van der Waals surface area contributed by atoms with Gasteiger partial charge in [0.15, 0.2) is 0 Å². The fourth-order valence-electron chi connectivity index (χ4n) is 3.26. The quantitative estimate of drug-likeness (QED) is 0.824. The molecule has 1 amide bonds. The summed E-state index contributed by atoms with van der Waals surface area (Å²) < 4.78 is 5.28. The van der Waals surface area contributed by atoms with E-state index in [1.807, 2.05) is 36.1 Å². The van der Waals surface area contributed by atoms with Crippen LogP contribution in [0.25, 0.3) is 0 Å². The lowest BCUT2D eigenvalue weighted by molar-refractivity contribution is 0.0902. The molecule has 3 heteroatoms. The first-order valence-corrected chi connectivity index (χ1v) is 7.79. The summed E-state index contributed by atoms with van der Waals surface area (Å²) in [4.78, 5) is 14.3. The van der Waals surface area contributed by atoms with E-state index in [9.17, 15) is 4.79 Å². The first-order chi connectivity index (χ1) is 10.7. The Kier molecular flexibility index (Phi) is 4.14. The highest BCUT2D eigenvalue weighted by molar-refractivity contribution is 5.70. The van der Waals surface area contributed by atoms with Crippen molar-refractivity contribution in [3.05, 3.63) is 71.3 Å². The molecule has 1 heterocycles. The average molecular weight is 295 g/mol. The minimum absolute atomic E-state index is 0.0763. The normalized spacial score (nSPS) is 20.4. The van der Waals surface area contributed by atoms with E-state index in [1.165, 1.54) is 11.1 Å². The second-order valence-corrected chi connectivity index (χ2v) is 5.69. The van der Waals surface area contributed by atoms with Crippen molar-refractivity contribution >= 4 is 6.09 Å². The molecule has 3 nitrogen and oxygen atoms in total. The molecule has 0 radical (unpaired) electrons. The third-order valence-electron chi connectivity index (χ3n) is 4.22. The van der Waals surface area contributed by atoms with Crippen molar-refractivity contribution in [3.63, 3.8) is 0 Å². The molecule has 22 heavy (non-hydrogen) atoms. The molecule has 0 N–H and O–H groups in total. The molecule has 2 atom stereocenters. The molecule has 1 aliphatic rings. The van der Waals surface area contributed by atoms with Gasteiger partial charge in [-0.05, 0) is 29.5 Å². The van der Waals surface area contributed by atoms with Crippen molar-refractivity contribution in [1.29, 1.82) is 0 Å². The Balaban J connectivity index is 2.09. The van der Waals surface area contributed by atoms with Gasteiger partial charge in [-0.1, -0.05) is 61.5 Å². The molecule has 0 aliphatic carbocycles. The highest BCUT2D eigenvalue weighted by atomic mass is 16.6. The molecular weight excluding hydrogens is 274 g/mol. The van der Waals surface area contributed by atoms with Crippen molar-refractivity contribution in [2.24, 2.45) is 0 Å². The van der Waals surface area contributed by atoms with E-state index in [0.717, 1.165) is 5.56 Å². The van der Waals surface area contributed by atoms with E-state index in [2.05, 4.69) is 37.3 Å². The number of fused-ring (bicyclic) bond motifs is 1. The third-order valence-corrected chi connectivity index (χ3v) is 4.22. The van der Waals surface area contributed by atoms with E-state index in [4.69, 9.17) is 4.74 Å². The maximum atomic E-state index is 12.4. The van der Waals surface area contributed by atoms with Crippen molar-refractivity contribution in [1.82, 2.24) is 4.90 Å². The Hall–Kier alpha value is -2.29. The smallest absolute Gasteiger partial charge is 0.410 e. The van der Waals surface area contributed by atoms with Crippen LogP contribution in [0.15, 0.2) is 54.6 Å². The van der Waals surface area contributed by atoms with Crippen LogP contribution in [0.4, 0.5) is 4.79 Å². The zero-order valence-electron chi connectivity index (χ0n) is 13.0. The second-order valence-electron chi connectivity index (χ2n) is 5.69.